The maximum atomic E-state index is 12.8. The molecule has 1 unspecified atom stereocenters. The summed E-state index contributed by atoms with van der Waals surface area (Å²) in [7, 11) is 0. The van der Waals surface area contributed by atoms with Gasteiger partial charge in [-0.05, 0) is 24.0 Å². The number of hydrazine groups is 1. The molecule has 1 amide bonds. The number of unbranched alkanes of at least 4 members (excludes halogenated alkanes) is 1. The zero-order chi connectivity index (χ0) is 17.9. The normalized spacial score (nSPS) is 12.1. The van der Waals surface area contributed by atoms with Gasteiger partial charge in [-0.2, -0.15) is 0 Å². The Kier molecular flexibility index (Phi) is 8.89. The zero-order valence-electron chi connectivity index (χ0n) is 14.1. The van der Waals surface area contributed by atoms with Gasteiger partial charge in [-0.3, -0.25) is 16.1 Å². The molecule has 2 aromatic rings. The Bertz CT molecular complexity index is 584. The van der Waals surface area contributed by atoms with Gasteiger partial charge >= 0.3 is 0 Å². The van der Waals surface area contributed by atoms with Gasteiger partial charge in [0, 0.05) is 29.4 Å². The quantitative estimate of drug-likeness (QED) is 0.147. The molecule has 0 saturated heterocycles. The van der Waals surface area contributed by atoms with Crippen LogP contribution in [0.1, 0.15) is 36.4 Å². The Hall–Kier alpha value is -1.48. The van der Waals surface area contributed by atoms with Crippen LogP contribution in [0.15, 0.2) is 60.7 Å². The van der Waals surface area contributed by atoms with E-state index in [2.05, 4.69) is 37.1 Å². The number of nitrogens with one attached hydrogen (secondary N) is 3. The maximum absolute atomic E-state index is 12.8. The second-order valence-corrected chi connectivity index (χ2v) is 6.50. The molecule has 0 fully saturated rings. The molecule has 0 radical (unpaired) electrons. The van der Waals surface area contributed by atoms with Crippen LogP contribution in [-0.2, 0) is 4.79 Å². The van der Waals surface area contributed by atoms with Crippen molar-refractivity contribution in [3.05, 3.63) is 71.8 Å². The SMILES string of the molecule is NNCCCCC(NI)C(=O)NC(c1ccccc1)c1ccccc1. The summed E-state index contributed by atoms with van der Waals surface area (Å²) in [6, 6.07) is 19.7. The third-order valence-electron chi connectivity index (χ3n) is 4.06. The first-order valence-electron chi connectivity index (χ1n) is 8.46. The number of hydrogen-bond donors (Lipinski definition) is 4. The molecule has 134 valence electrons. The summed E-state index contributed by atoms with van der Waals surface area (Å²) in [6.45, 7) is 0.756. The molecule has 0 bridgehead atoms. The lowest BCUT2D eigenvalue weighted by Crippen LogP contribution is -2.42. The fraction of sp³-hybridized carbons (Fsp3) is 0.316. The van der Waals surface area contributed by atoms with Crippen molar-refractivity contribution in [2.24, 2.45) is 5.84 Å². The van der Waals surface area contributed by atoms with Gasteiger partial charge in [0.1, 0.15) is 0 Å². The van der Waals surface area contributed by atoms with Crippen molar-refractivity contribution in [3.8, 4) is 0 Å². The maximum Gasteiger partial charge on any atom is 0.238 e. The summed E-state index contributed by atoms with van der Waals surface area (Å²) in [5.74, 6) is 5.29. The van der Waals surface area contributed by atoms with Crippen LogP contribution in [0.2, 0.25) is 0 Å². The van der Waals surface area contributed by atoms with Crippen LogP contribution in [-0.4, -0.2) is 18.5 Å². The highest BCUT2D eigenvalue weighted by Gasteiger charge is 2.22. The van der Waals surface area contributed by atoms with Gasteiger partial charge in [-0.25, -0.2) is 3.53 Å². The van der Waals surface area contributed by atoms with E-state index < -0.39 is 0 Å². The minimum atomic E-state index is -0.228. The Morgan fingerprint density at radius 2 is 1.52 bits per heavy atom. The Morgan fingerprint density at radius 1 is 0.960 bits per heavy atom. The Morgan fingerprint density at radius 3 is 2.00 bits per heavy atom. The third kappa shape index (κ3) is 6.39. The molecule has 0 heterocycles. The van der Waals surface area contributed by atoms with E-state index in [0.717, 1.165) is 36.9 Å². The highest BCUT2D eigenvalue weighted by atomic mass is 127. The lowest BCUT2D eigenvalue weighted by atomic mass is 9.98. The number of nitrogens with two attached hydrogens (primary N) is 1. The molecule has 0 spiro atoms. The minimum absolute atomic E-state index is 0.00723. The van der Waals surface area contributed by atoms with E-state index in [4.69, 9.17) is 5.84 Å². The summed E-state index contributed by atoms with van der Waals surface area (Å²) in [5.41, 5.74) is 4.78. The molecule has 0 aromatic heterocycles. The van der Waals surface area contributed by atoms with E-state index in [0.29, 0.717) is 0 Å². The number of rotatable bonds is 10. The smallest absolute Gasteiger partial charge is 0.238 e. The monoisotopic (exact) mass is 452 g/mol. The fourth-order valence-corrected chi connectivity index (χ4v) is 3.30. The second-order valence-electron chi connectivity index (χ2n) is 5.87. The molecule has 0 aliphatic rings. The summed E-state index contributed by atoms with van der Waals surface area (Å²) < 4.78 is 3.09. The Labute approximate surface area is 163 Å². The zero-order valence-corrected chi connectivity index (χ0v) is 16.3. The van der Waals surface area contributed by atoms with Crippen molar-refractivity contribution < 1.29 is 4.79 Å². The first kappa shape index (κ1) is 19.8. The van der Waals surface area contributed by atoms with Crippen molar-refractivity contribution >= 4 is 28.8 Å². The van der Waals surface area contributed by atoms with Crippen LogP contribution in [0.5, 0.6) is 0 Å². The van der Waals surface area contributed by atoms with E-state index >= 15 is 0 Å². The summed E-state index contributed by atoms with van der Waals surface area (Å²) >= 11 is 2.05. The molecule has 5 N–H and O–H groups in total. The number of carbonyl (C=O) groups excluding carboxylic acids is 1. The number of carbonyl (C=O) groups is 1. The van der Waals surface area contributed by atoms with Gasteiger partial charge < -0.3 is 5.32 Å². The van der Waals surface area contributed by atoms with Crippen LogP contribution in [0.3, 0.4) is 0 Å². The number of benzene rings is 2. The number of amides is 1. The van der Waals surface area contributed by atoms with Gasteiger partial charge in [0.15, 0.2) is 0 Å². The first-order valence-corrected chi connectivity index (χ1v) is 9.54. The number of halogens is 1. The third-order valence-corrected chi connectivity index (χ3v) is 4.82. The predicted octanol–water partition coefficient (Wildman–Crippen LogP) is 2.83. The lowest BCUT2D eigenvalue weighted by Gasteiger charge is -2.23. The Balaban J connectivity index is 2.09. The summed E-state index contributed by atoms with van der Waals surface area (Å²) in [4.78, 5) is 12.8. The largest absolute Gasteiger partial charge is 0.344 e. The molecule has 0 saturated carbocycles. The topological polar surface area (TPSA) is 79.2 Å². The van der Waals surface area contributed by atoms with Crippen LogP contribution >= 0.6 is 22.9 Å². The van der Waals surface area contributed by atoms with Crippen molar-refractivity contribution in [1.29, 1.82) is 0 Å². The average Bonchev–Trinajstić information content (AvgIpc) is 2.67. The van der Waals surface area contributed by atoms with Gasteiger partial charge in [-0.1, -0.05) is 67.1 Å². The van der Waals surface area contributed by atoms with Gasteiger partial charge in [-0.15, -0.1) is 0 Å². The molecular weight excluding hydrogens is 427 g/mol. The second kappa shape index (κ2) is 11.2. The van der Waals surface area contributed by atoms with E-state index in [1.54, 1.807) is 0 Å². The molecule has 25 heavy (non-hydrogen) atoms. The molecule has 6 heteroatoms. The van der Waals surface area contributed by atoms with Crippen molar-refractivity contribution in [2.75, 3.05) is 6.54 Å². The molecule has 5 nitrogen and oxygen atoms in total. The molecule has 2 aromatic carbocycles. The van der Waals surface area contributed by atoms with Crippen LogP contribution in [0.4, 0.5) is 0 Å². The molecule has 0 aliphatic heterocycles. The van der Waals surface area contributed by atoms with E-state index in [9.17, 15) is 4.79 Å². The molecule has 2 rings (SSSR count). The fourth-order valence-electron chi connectivity index (χ4n) is 2.70. The molecular formula is C19H25IN4O. The van der Waals surface area contributed by atoms with Crippen molar-refractivity contribution in [2.45, 2.75) is 31.3 Å². The number of hydrogen-bond acceptors (Lipinski definition) is 4. The van der Waals surface area contributed by atoms with Crippen molar-refractivity contribution in [3.63, 3.8) is 0 Å². The summed E-state index contributed by atoms with van der Waals surface area (Å²) in [6.07, 6.45) is 2.64. The van der Waals surface area contributed by atoms with Crippen LogP contribution < -0.4 is 20.1 Å². The van der Waals surface area contributed by atoms with E-state index in [1.165, 1.54) is 0 Å². The highest BCUT2D eigenvalue weighted by molar-refractivity contribution is 14.1. The first-order chi connectivity index (χ1) is 12.3. The molecule has 1 atom stereocenters. The standard InChI is InChI=1S/C19H25IN4O/c20-24-17(13-7-8-14-22-21)19(25)23-18(15-9-3-1-4-10-15)16-11-5-2-6-12-16/h1-6,9-12,17-18,22,24H,7-8,13-14,21H2,(H,23,25). The van der Waals surface area contributed by atoms with Crippen molar-refractivity contribution in [1.82, 2.24) is 14.3 Å². The van der Waals surface area contributed by atoms with Crippen LogP contribution in [0, 0.1) is 0 Å². The van der Waals surface area contributed by atoms with E-state index in [1.807, 2.05) is 60.7 Å². The average molecular weight is 452 g/mol. The summed E-state index contributed by atoms with van der Waals surface area (Å²) in [5, 5.41) is 3.19. The lowest BCUT2D eigenvalue weighted by molar-refractivity contribution is -0.123. The van der Waals surface area contributed by atoms with Crippen LogP contribution in [0.25, 0.3) is 0 Å². The van der Waals surface area contributed by atoms with Gasteiger partial charge in [0.25, 0.3) is 0 Å². The molecule has 0 aliphatic carbocycles. The van der Waals surface area contributed by atoms with Gasteiger partial charge in [0.2, 0.25) is 5.91 Å². The minimum Gasteiger partial charge on any atom is -0.344 e. The van der Waals surface area contributed by atoms with Gasteiger partial charge in [0.05, 0.1) is 12.1 Å². The highest BCUT2D eigenvalue weighted by Crippen LogP contribution is 2.22. The van der Waals surface area contributed by atoms with E-state index in [-0.39, 0.29) is 18.0 Å². The predicted molar refractivity (Wildman–Crippen MR) is 110 cm³/mol.